The molecule has 1 heterocycles. The van der Waals surface area contributed by atoms with Crippen LogP contribution in [0.4, 0.5) is 0 Å². The minimum absolute atomic E-state index is 0.210. The Morgan fingerprint density at radius 2 is 2.09 bits per heavy atom. The Morgan fingerprint density at radius 3 is 2.77 bits per heavy atom. The number of aromatic nitrogens is 3. The molecule has 0 aliphatic rings. The second-order valence-electron chi connectivity index (χ2n) is 4.54. The van der Waals surface area contributed by atoms with Crippen LogP contribution in [0, 0.1) is 0 Å². The fourth-order valence-corrected chi connectivity index (χ4v) is 1.90. The van der Waals surface area contributed by atoms with E-state index in [1.165, 1.54) is 6.07 Å². The molecule has 0 saturated heterocycles. The predicted molar refractivity (Wildman–Crippen MR) is 86.4 cm³/mol. The fourth-order valence-electron chi connectivity index (χ4n) is 1.90. The first kappa shape index (κ1) is 15.4. The fraction of sp³-hybridized carbons (Fsp3) is 0.118. The van der Waals surface area contributed by atoms with Crippen LogP contribution in [0.1, 0.15) is 30.0 Å². The molecule has 0 radical (unpaired) electrons. The molecule has 1 aromatic carbocycles. The number of benzene rings is 1. The van der Waals surface area contributed by atoms with Crippen LogP contribution >= 0.6 is 0 Å². The monoisotopic (exact) mass is 295 g/mol. The summed E-state index contributed by atoms with van der Waals surface area (Å²) in [4.78, 5) is 15.5. The highest BCUT2D eigenvalue weighted by Gasteiger charge is 2.10. The third-order valence-corrected chi connectivity index (χ3v) is 2.94. The number of aromatic carboxylic acids is 1. The SMILES string of the molecule is C\C=C/C(=C\C=C\C)c1nc(-c2cccc(C(=O)O)c2)n[nH]1. The number of aromatic amines is 1. The van der Waals surface area contributed by atoms with Gasteiger partial charge in [0.1, 0.15) is 0 Å². The Bertz CT molecular complexity index is 755. The van der Waals surface area contributed by atoms with E-state index < -0.39 is 5.97 Å². The van der Waals surface area contributed by atoms with Crippen LogP contribution in [-0.2, 0) is 0 Å². The van der Waals surface area contributed by atoms with Crippen LogP contribution in [-0.4, -0.2) is 26.3 Å². The number of rotatable bonds is 5. The van der Waals surface area contributed by atoms with Crippen molar-refractivity contribution in [3.63, 3.8) is 0 Å². The van der Waals surface area contributed by atoms with Gasteiger partial charge < -0.3 is 5.11 Å². The molecule has 0 fully saturated rings. The standard InChI is InChI=1S/C17H17N3O2/c1-3-5-8-12(7-4-2)15-18-16(20-19-15)13-9-6-10-14(11-13)17(21)22/h3-11H,1-2H3,(H,21,22)(H,18,19,20)/b5-3+,7-4-,12-8+. The number of carboxylic acid groups (broad SMARTS) is 1. The average Bonchev–Trinajstić information content (AvgIpc) is 3.01. The minimum Gasteiger partial charge on any atom is -0.478 e. The van der Waals surface area contributed by atoms with Crippen LogP contribution in [0.5, 0.6) is 0 Å². The highest BCUT2D eigenvalue weighted by atomic mass is 16.4. The zero-order valence-electron chi connectivity index (χ0n) is 12.4. The normalized spacial score (nSPS) is 12.4. The Kier molecular flexibility index (Phi) is 5.03. The van der Waals surface area contributed by atoms with Gasteiger partial charge in [-0.3, -0.25) is 5.10 Å². The largest absolute Gasteiger partial charge is 0.478 e. The molecule has 0 amide bonds. The zero-order chi connectivity index (χ0) is 15.9. The average molecular weight is 295 g/mol. The lowest BCUT2D eigenvalue weighted by Crippen LogP contribution is -1.96. The van der Waals surface area contributed by atoms with Gasteiger partial charge in [0, 0.05) is 11.1 Å². The number of allylic oxidation sites excluding steroid dienone is 6. The van der Waals surface area contributed by atoms with E-state index in [2.05, 4.69) is 15.2 Å². The third kappa shape index (κ3) is 3.58. The van der Waals surface area contributed by atoms with E-state index in [0.29, 0.717) is 17.2 Å². The van der Waals surface area contributed by atoms with Crippen molar-refractivity contribution in [3.8, 4) is 11.4 Å². The van der Waals surface area contributed by atoms with Gasteiger partial charge in [0.05, 0.1) is 5.56 Å². The molecular formula is C17H17N3O2. The molecule has 2 aromatic rings. The van der Waals surface area contributed by atoms with Crippen LogP contribution in [0.15, 0.2) is 54.6 Å². The van der Waals surface area contributed by atoms with Crippen molar-refractivity contribution in [2.24, 2.45) is 0 Å². The van der Waals surface area contributed by atoms with Gasteiger partial charge in [-0.2, -0.15) is 5.10 Å². The van der Waals surface area contributed by atoms with Gasteiger partial charge in [0.15, 0.2) is 11.6 Å². The van der Waals surface area contributed by atoms with Crippen molar-refractivity contribution in [1.29, 1.82) is 0 Å². The molecule has 5 heteroatoms. The van der Waals surface area contributed by atoms with E-state index >= 15 is 0 Å². The Morgan fingerprint density at radius 1 is 1.27 bits per heavy atom. The van der Waals surface area contributed by atoms with Gasteiger partial charge in [-0.15, -0.1) is 0 Å². The number of H-pyrrole nitrogens is 1. The van der Waals surface area contributed by atoms with Crippen molar-refractivity contribution < 1.29 is 9.90 Å². The first-order valence-electron chi connectivity index (χ1n) is 6.88. The van der Waals surface area contributed by atoms with Gasteiger partial charge in [0.2, 0.25) is 0 Å². The summed E-state index contributed by atoms with van der Waals surface area (Å²) < 4.78 is 0. The van der Waals surface area contributed by atoms with Gasteiger partial charge in [-0.1, -0.05) is 42.5 Å². The predicted octanol–water partition coefficient (Wildman–Crippen LogP) is 3.71. The molecule has 5 nitrogen and oxygen atoms in total. The lowest BCUT2D eigenvalue weighted by molar-refractivity contribution is 0.0697. The summed E-state index contributed by atoms with van der Waals surface area (Å²) in [5, 5.41) is 16.1. The van der Waals surface area contributed by atoms with E-state index in [4.69, 9.17) is 5.11 Å². The molecular weight excluding hydrogens is 278 g/mol. The molecule has 1 aromatic heterocycles. The van der Waals surface area contributed by atoms with Crippen molar-refractivity contribution in [2.75, 3.05) is 0 Å². The maximum atomic E-state index is 11.0. The van der Waals surface area contributed by atoms with Crippen LogP contribution in [0.2, 0.25) is 0 Å². The van der Waals surface area contributed by atoms with E-state index in [-0.39, 0.29) is 5.56 Å². The Labute approximate surface area is 128 Å². The molecule has 0 aliphatic carbocycles. The quantitative estimate of drug-likeness (QED) is 0.824. The van der Waals surface area contributed by atoms with Crippen molar-refractivity contribution in [2.45, 2.75) is 13.8 Å². The Balaban J connectivity index is 2.38. The number of hydrogen-bond donors (Lipinski definition) is 2. The maximum Gasteiger partial charge on any atom is 0.335 e. The van der Waals surface area contributed by atoms with Crippen molar-refractivity contribution in [1.82, 2.24) is 15.2 Å². The zero-order valence-corrected chi connectivity index (χ0v) is 12.4. The lowest BCUT2D eigenvalue weighted by Gasteiger charge is -1.98. The minimum atomic E-state index is -0.972. The molecule has 0 saturated carbocycles. The number of carbonyl (C=O) groups is 1. The number of nitrogens with zero attached hydrogens (tertiary/aromatic N) is 2. The molecule has 0 spiro atoms. The van der Waals surface area contributed by atoms with Crippen molar-refractivity contribution in [3.05, 3.63) is 66.0 Å². The van der Waals surface area contributed by atoms with E-state index in [0.717, 1.165) is 5.57 Å². The summed E-state index contributed by atoms with van der Waals surface area (Å²) in [5.74, 6) is 0.126. The molecule has 0 atom stereocenters. The molecule has 0 bridgehead atoms. The summed E-state index contributed by atoms with van der Waals surface area (Å²) in [6.45, 7) is 3.87. The summed E-state index contributed by atoms with van der Waals surface area (Å²) in [5.41, 5.74) is 1.77. The summed E-state index contributed by atoms with van der Waals surface area (Å²) in [6, 6.07) is 6.55. The molecule has 2 N–H and O–H groups in total. The van der Waals surface area contributed by atoms with Gasteiger partial charge in [-0.05, 0) is 26.0 Å². The molecule has 22 heavy (non-hydrogen) atoms. The van der Waals surface area contributed by atoms with Crippen LogP contribution in [0.3, 0.4) is 0 Å². The summed E-state index contributed by atoms with van der Waals surface area (Å²) in [6.07, 6.45) is 9.62. The highest BCUT2D eigenvalue weighted by molar-refractivity contribution is 5.89. The number of hydrogen-bond acceptors (Lipinski definition) is 3. The van der Waals surface area contributed by atoms with Gasteiger partial charge in [-0.25, -0.2) is 9.78 Å². The molecule has 0 unspecified atom stereocenters. The first-order valence-corrected chi connectivity index (χ1v) is 6.88. The topological polar surface area (TPSA) is 78.9 Å². The van der Waals surface area contributed by atoms with E-state index in [9.17, 15) is 4.79 Å². The summed E-state index contributed by atoms with van der Waals surface area (Å²) in [7, 11) is 0. The van der Waals surface area contributed by atoms with Crippen molar-refractivity contribution >= 4 is 11.5 Å². The van der Waals surface area contributed by atoms with Crippen LogP contribution in [0.25, 0.3) is 17.0 Å². The molecule has 2 rings (SSSR count). The van der Waals surface area contributed by atoms with Gasteiger partial charge >= 0.3 is 5.97 Å². The smallest absolute Gasteiger partial charge is 0.335 e. The maximum absolute atomic E-state index is 11.0. The second kappa shape index (κ2) is 7.17. The summed E-state index contributed by atoms with van der Waals surface area (Å²) >= 11 is 0. The highest BCUT2D eigenvalue weighted by Crippen LogP contribution is 2.19. The lowest BCUT2D eigenvalue weighted by atomic mass is 10.1. The van der Waals surface area contributed by atoms with E-state index in [1.54, 1.807) is 18.2 Å². The number of nitrogens with one attached hydrogen (secondary N) is 1. The second-order valence-corrected chi connectivity index (χ2v) is 4.54. The third-order valence-electron chi connectivity index (χ3n) is 2.94. The van der Waals surface area contributed by atoms with E-state index in [1.807, 2.05) is 44.2 Å². The van der Waals surface area contributed by atoms with Gasteiger partial charge in [0.25, 0.3) is 0 Å². The first-order chi connectivity index (χ1) is 10.7. The molecule has 0 aliphatic heterocycles. The van der Waals surface area contributed by atoms with Crippen LogP contribution < -0.4 is 0 Å². The molecule has 112 valence electrons. The Hall–Kier alpha value is -2.95. The number of carboxylic acids is 1.